The molecule has 0 spiro atoms. The van der Waals surface area contributed by atoms with Crippen LogP contribution in [-0.2, 0) is 12.8 Å². The summed E-state index contributed by atoms with van der Waals surface area (Å²) in [5.41, 5.74) is 18.2. The molecule has 0 aliphatic heterocycles. The van der Waals surface area contributed by atoms with Crippen molar-refractivity contribution in [3.63, 3.8) is 0 Å². The van der Waals surface area contributed by atoms with Crippen molar-refractivity contribution in [3.8, 4) is 22.6 Å². The number of benzene rings is 4. The minimum atomic E-state index is 0.718. The number of aryl methyl sites for hydroxylation is 2. The van der Waals surface area contributed by atoms with Gasteiger partial charge in [-0.15, -0.1) is 0 Å². The molecule has 0 heterocycles. The SMILES string of the molecule is Nc1ccc(Oc2ccc(-c3ccccc3N)c(CCc3ccccc3)c2)cc1. The van der Waals surface area contributed by atoms with Gasteiger partial charge in [-0.1, -0.05) is 54.6 Å². The quantitative estimate of drug-likeness (QED) is 0.398. The second-order valence-electron chi connectivity index (χ2n) is 7.06. The number of nitrogens with two attached hydrogens (primary N) is 2. The molecule has 0 aliphatic rings. The Morgan fingerprint density at radius 3 is 2.03 bits per heavy atom. The first-order valence-corrected chi connectivity index (χ1v) is 9.74. The van der Waals surface area contributed by atoms with Crippen molar-refractivity contribution in [2.75, 3.05) is 11.5 Å². The first-order valence-electron chi connectivity index (χ1n) is 9.74. The average molecular weight is 380 g/mol. The lowest BCUT2D eigenvalue weighted by Crippen LogP contribution is -1.98. The fraction of sp³-hybridized carbons (Fsp3) is 0.0769. The van der Waals surface area contributed by atoms with E-state index in [1.807, 2.05) is 54.6 Å². The van der Waals surface area contributed by atoms with Crippen LogP contribution in [0.4, 0.5) is 11.4 Å². The van der Waals surface area contributed by atoms with Crippen LogP contribution in [0.15, 0.2) is 97.1 Å². The molecule has 0 amide bonds. The summed E-state index contributed by atoms with van der Waals surface area (Å²) in [6, 6.07) is 32.1. The number of ether oxygens (including phenoxy) is 1. The molecule has 0 atom stereocenters. The first-order chi connectivity index (χ1) is 14.2. The number of anilines is 2. The molecule has 0 saturated heterocycles. The van der Waals surface area contributed by atoms with Gasteiger partial charge in [0, 0.05) is 16.9 Å². The smallest absolute Gasteiger partial charge is 0.127 e. The van der Waals surface area contributed by atoms with E-state index >= 15 is 0 Å². The number of hydrogen-bond donors (Lipinski definition) is 2. The summed E-state index contributed by atoms with van der Waals surface area (Å²) >= 11 is 0. The third kappa shape index (κ3) is 4.58. The van der Waals surface area contributed by atoms with Crippen molar-refractivity contribution in [1.82, 2.24) is 0 Å². The number of nitrogen functional groups attached to an aromatic ring is 2. The van der Waals surface area contributed by atoms with Crippen molar-refractivity contribution in [2.24, 2.45) is 0 Å². The summed E-state index contributed by atoms with van der Waals surface area (Å²) in [5.74, 6) is 1.57. The number of para-hydroxylation sites is 1. The van der Waals surface area contributed by atoms with E-state index in [1.54, 1.807) is 0 Å². The van der Waals surface area contributed by atoms with E-state index in [0.29, 0.717) is 0 Å². The maximum atomic E-state index is 6.26. The first kappa shape index (κ1) is 18.6. The molecule has 0 unspecified atom stereocenters. The van der Waals surface area contributed by atoms with Gasteiger partial charge in [-0.3, -0.25) is 0 Å². The van der Waals surface area contributed by atoms with Gasteiger partial charge in [0.15, 0.2) is 0 Å². The summed E-state index contributed by atoms with van der Waals surface area (Å²) in [6.45, 7) is 0. The zero-order valence-corrected chi connectivity index (χ0v) is 16.2. The van der Waals surface area contributed by atoms with Crippen LogP contribution < -0.4 is 16.2 Å². The van der Waals surface area contributed by atoms with Crippen LogP contribution in [0.1, 0.15) is 11.1 Å². The van der Waals surface area contributed by atoms with Crippen LogP contribution in [-0.4, -0.2) is 0 Å². The lowest BCUT2D eigenvalue weighted by molar-refractivity contribution is 0.482. The van der Waals surface area contributed by atoms with Crippen LogP contribution in [0.3, 0.4) is 0 Å². The van der Waals surface area contributed by atoms with E-state index in [9.17, 15) is 0 Å². The molecular weight excluding hydrogens is 356 g/mol. The van der Waals surface area contributed by atoms with Gasteiger partial charge in [0.25, 0.3) is 0 Å². The Morgan fingerprint density at radius 2 is 1.28 bits per heavy atom. The molecule has 3 nitrogen and oxygen atoms in total. The van der Waals surface area contributed by atoms with E-state index in [4.69, 9.17) is 16.2 Å². The summed E-state index contributed by atoms with van der Waals surface area (Å²) in [6.07, 6.45) is 1.85. The fourth-order valence-corrected chi connectivity index (χ4v) is 3.44. The summed E-state index contributed by atoms with van der Waals surface area (Å²) in [5, 5.41) is 0. The van der Waals surface area contributed by atoms with Gasteiger partial charge in [-0.25, -0.2) is 0 Å². The van der Waals surface area contributed by atoms with Crippen LogP contribution in [0.2, 0.25) is 0 Å². The minimum absolute atomic E-state index is 0.718. The highest BCUT2D eigenvalue weighted by Gasteiger charge is 2.11. The second-order valence-corrected chi connectivity index (χ2v) is 7.06. The Balaban J connectivity index is 1.66. The van der Waals surface area contributed by atoms with Gasteiger partial charge in [0.05, 0.1) is 0 Å². The van der Waals surface area contributed by atoms with E-state index in [1.165, 1.54) is 11.1 Å². The van der Waals surface area contributed by atoms with Crippen LogP contribution in [0.5, 0.6) is 11.5 Å². The van der Waals surface area contributed by atoms with Crippen LogP contribution in [0, 0.1) is 0 Å². The van der Waals surface area contributed by atoms with Gasteiger partial charge in [-0.2, -0.15) is 0 Å². The van der Waals surface area contributed by atoms with Gasteiger partial charge in [0.1, 0.15) is 11.5 Å². The molecule has 0 radical (unpaired) electrons. The molecule has 0 fully saturated rings. The highest BCUT2D eigenvalue weighted by Crippen LogP contribution is 2.33. The van der Waals surface area contributed by atoms with Crippen molar-refractivity contribution in [2.45, 2.75) is 12.8 Å². The molecule has 0 aliphatic carbocycles. The van der Waals surface area contributed by atoms with Gasteiger partial charge in [-0.05, 0) is 72.0 Å². The Hall–Kier alpha value is -3.72. The normalized spacial score (nSPS) is 10.6. The Labute approximate surface area is 171 Å². The van der Waals surface area contributed by atoms with Gasteiger partial charge < -0.3 is 16.2 Å². The van der Waals surface area contributed by atoms with Gasteiger partial charge in [0.2, 0.25) is 0 Å². The highest BCUT2D eigenvalue weighted by molar-refractivity contribution is 5.79. The monoisotopic (exact) mass is 380 g/mol. The highest BCUT2D eigenvalue weighted by atomic mass is 16.5. The number of hydrogen-bond acceptors (Lipinski definition) is 3. The minimum Gasteiger partial charge on any atom is -0.457 e. The van der Waals surface area contributed by atoms with E-state index in [-0.39, 0.29) is 0 Å². The molecule has 4 N–H and O–H groups in total. The summed E-state index contributed by atoms with van der Waals surface area (Å²) < 4.78 is 6.06. The molecule has 29 heavy (non-hydrogen) atoms. The lowest BCUT2D eigenvalue weighted by atomic mass is 9.94. The average Bonchev–Trinajstić information content (AvgIpc) is 2.75. The van der Waals surface area contributed by atoms with E-state index < -0.39 is 0 Å². The van der Waals surface area contributed by atoms with Crippen LogP contribution in [0.25, 0.3) is 11.1 Å². The number of rotatable bonds is 6. The largest absolute Gasteiger partial charge is 0.457 e. The molecule has 0 saturated carbocycles. The maximum absolute atomic E-state index is 6.26. The lowest BCUT2D eigenvalue weighted by Gasteiger charge is -2.15. The molecule has 0 aromatic heterocycles. The summed E-state index contributed by atoms with van der Waals surface area (Å²) in [7, 11) is 0. The third-order valence-electron chi connectivity index (χ3n) is 4.97. The van der Waals surface area contributed by atoms with E-state index in [2.05, 4.69) is 42.5 Å². The standard InChI is InChI=1S/C26H24N2O/c27-21-12-14-22(15-13-21)29-23-16-17-24(25-8-4-5-9-26(25)28)20(18-23)11-10-19-6-2-1-3-7-19/h1-9,12-18H,10-11,27-28H2. The van der Waals surface area contributed by atoms with Gasteiger partial charge >= 0.3 is 0 Å². The molecule has 144 valence electrons. The van der Waals surface area contributed by atoms with Crippen molar-refractivity contribution < 1.29 is 4.74 Å². The van der Waals surface area contributed by atoms with Crippen LogP contribution >= 0.6 is 0 Å². The van der Waals surface area contributed by atoms with Crippen molar-refractivity contribution in [1.29, 1.82) is 0 Å². The fourth-order valence-electron chi connectivity index (χ4n) is 3.44. The molecule has 3 heteroatoms. The summed E-state index contributed by atoms with van der Waals surface area (Å²) in [4.78, 5) is 0. The zero-order valence-electron chi connectivity index (χ0n) is 16.2. The van der Waals surface area contributed by atoms with Crippen molar-refractivity contribution in [3.05, 3.63) is 108 Å². The predicted octanol–water partition coefficient (Wildman–Crippen LogP) is 6.10. The Bertz CT molecular complexity index is 1090. The molecule has 4 aromatic rings. The molecule has 0 bridgehead atoms. The molecular formula is C26H24N2O. The van der Waals surface area contributed by atoms with Crippen molar-refractivity contribution >= 4 is 11.4 Å². The third-order valence-corrected chi connectivity index (χ3v) is 4.97. The maximum Gasteiger partial charge on any atom is 0.127 e. The topological polar surface area (TPSA) is 61.3 Å². The molecule has 4 aromatic carbocycles. The second kappa shape index (κ2) is 8.53. The van der Waals surface area contributed by atoms with E-state index in [0.717, 1.165) is 46.8 Å². The Kier molecular flexibility index (Phi) is 5.48. The zero-order chi connectivity index (χ0) is 20.1. The Morgan fingerprint density at radius 1 is 0.586 bits per heavy atom. The molecule has 4 rings (SSSR count). The predicted molar refractivity (Wildman–Crippen MR) is 121 cm³/mol.